The van der Waals surface area contributed by atoms with E-state index in [1.54, 1.807) is 0 Å². The van der Waals surface area contributed by atoms with Crippen LogP contribution in [0.2, 0.25) is 0 Å². The molecule has 1 aromatic heterocycles. The molecule has 0 amide bonds. The summed E-state index contributed by atoms with van der Waals surface area (Å²) in [6, 6.07) is 2.33. The predicted molar refractivity (Wildman–Crippen MR) is 96.2 cm³/mol. The number of nitro groups is 1. The van der Waals surface area contributed by atoms with Crippen molar-refractivity contribution >= 4 is 23.8 Å². The number of anilines is 1. The van der Waals surface area contributed by atoms with Crippen molar-refractivity contribution < 1.29 is 22.6 Å². The fraction of sp³-hybridized carbons (Fsp3) is 0.500. The van der Waals surface area contributed by atoms with Crippen molar-refractivity contribution in [1.29, 1.82) is 0 Å². The van der Waals surface area contributed by atoms with Crippen LogP contribution in [0.5, 0.6) is 0 Å². The number of aromatic nitrogens is 2. The van der Waals surface area contributed by atoms with Crippen LogP contribution >= 0.6 is 12.4 Å². The molecular weight excluding hydrogens is 403 g/mol. The van der Waals surface area contributed by atoms with Gasteiger partial charge >= 0.3 is 6.18 Å². The van der Waals surface area contributed by atoms with Crippen LogP contribution in [0.4, 0.5) is 24.5 Å². The monoisotopic (exact) mass is 421 g/mol. The number of nitrogens with zero attached hydrogens (tertiary/aromatic N) is 3. The van der Waals surface area contributed by atoms with E-state index in [1.807, 2.05) is 0 Å². The van der Waals surface area contributed by atoms with Crippen LogP contribution in [-0.2, 0) is 18.1 Å². The summed E-state index contributed by atoms with van der Waals surface area (Å²) in [7, 11) is 0. The molecule has 0 saturated heterocycles. The molecule has 12 heteroatoms. The Morgan fingerprint density at radius 2 is 2.00 bits per heavy atom. The Morgan fingerprint density at radius 1 is 1.32 bits per heavy atom. The van der Waals surface area contributed by atoms with Gasteiger partial charge in [0.1, 0.15) is 5.69 Å². The third-order valence-corrected chi connectivity index (χ3v) is 4.59. The van der Waals surface area contributed by atoms with Gasteiger partial charge in [-0.25, -0.2) is 0 Å². The molecule has 1 fully saturated rings. The highest BCUT2D eigenvalue weighted by Gasteiger charge is 2.36. The molecule has 2 aromatic rings. The first-order valence-corrected chi connectivity index (χ1v) is 8.40. The number of alkyl halides is 3. The molecule has 1 heterocycles. The largest absolute Gasteiger partial charge is 0.416 e. The van der Waals surface area contributed by atoms with Crippen LogP contribution in [0.15, 0.2) is 22.7 Å². The maximum atomic E-state index is 12.7. The average molecular weight is 422 g/mol. The Hall–Kier alpha value is -2.40. The Morgan fingerprint density at radius 3 is 2.61 bits per heavy atom. The first-order valence-electron chi connectivity index (χ1n) is 8.40. The molecule has 0 spiro atoms. The lowest BCUT2D eigenvalue weighted by atomic mass is 9.99. The summed E-state index contributed by atoms with van der Waals surface area (Å²) >= 11 is 0. The van der Waals surface area contributed by atoms with Crippen LogP contribution in [0, 0.1) is 10.1 Å². The zero-order valence-corrected chi connectivity index (χ0v) is 15.5. The summed E-state index contributed by atoms with van der Waals surface area (Å²) in [5.41, 5.74) is 3.92. The van der Waals surface area contributed by atoms with Crippen molar-refractivity contribution in [2.75, 3.05) is 11.9 Å². The number of halogens is 4. The minimum absolute atomic E-state index is 0. The van der Waals surface area contributed by atoms with Gasteiger partial charge in [-0.1, -0.05) is 18.0 Å². The van der Waals surface area contributed by atoms with E-state index in [-0.39, 0.29) is 31.1 Å². The summed E-state index contributed by atoms with van der Waals surface area (Å²) in [4.78, 5) is 14.5. The average Bonchev–Trinajstić information content (AvgIpc) is 3.24. The molecule has 0 bridgehead atoms. The molecule has 154 valence electrons. The van der Waals surface area contributed by atoms with E-state index in [0.717, 1.165) is 37.8 Å². The Kier molecular flexibility index (Phi) is 6.50. The first-order chi connectivity index (χ1) is 12.7. The highest BCUT2D eigenvalue weighted by atomic mass is 35.5. The van der Waals surface area contributed by atoms with E-state index in [9.17, 15) is 23.3 Å². The van der Waals surface area contributed by atoms with E-state index in [4.69, 9.17) is 10.3 Å². The SMILES string of the molecule is Cl.NC1(c2noc(CCNc3ccc(C(F)(F)F)cc3[N+](=O)[O-])n2)CCCC1. The summed E-state index contributed by atoms with van der Waals surface area (Å²) in [5, 5.41) is 17.7. The molecule has 0 aliphatic heterocycles. The Balaban J connectivity index is 0.00000280. The van der Waals surface area contributed by atoms with Gasteiger partial charge in [-0.15, -0.1) is 12.4 Å². The number of nitrogens with two attached hydrogens (primary N) is 1. The third kappa shape index (κ3) is 4.71. The van der Waals surface area contributed by atoms with Crippen molar-refractivity contribution in [3.8, 4) is 0 Å². The lowest BCUT2D eigenvalue weighted by Gasteiger charge is -2.17. The fourth-order valence-electron chi connectivity index (χ4n) is 3.10. The van der Waals surface area contributed by atoms with E-state index in [2.05, 4.69) is 15.5 Å². The summed E-state index contributed by atoms with van der Waals surface area (Å²) in [6.07, 6.45) is -0.841. The number of nitro benzene ring substituents is 1. The quantitative estimate of drug-likeness (QED) is 0.537. The lowest BCUT2D eigenvalue weighted by Crippen LogP contribution is -2.34. The summed E-state index contributed by atoms with van der Waals surface area (Å²) < 4.78 is 43.3. The molecule has 3 rings (SSSR count). The number of hydrogen-bond donors (Lipinski definition) is 2. The standard InChI is InChI=1S/C16H18F3N5O3.ClH/c17-16(18,19)10-3-4-11(12(9-10)24(25)26)21-8-5-13-22-14(23-27-13)15(20)6-1-2-7-15;/h3-4,9,21H,1-2,5-8,20H2;1H. The Bertz CT molecular complexity index is 837. The van der Waals surface area contributed by atoms with Crippen LogP contribution in [0.3, 0.4) is 0 Å². The third-order valence-electron chi connectivity index (χ3n) is 4.59. The van der Waals surface area contributed by atoms with Crippen molar-refractivity contribution in [2.24, 2.45) is 5.73 Å². The summed E-state index contributed by atoms with van der Waals surface area (Å²) in [5.74, 6) is 0.749. The molecule has 0 unspecified atom stereocenters. The van der Waals surface area contributed by atoms with Crippen LogP contribution in [0.1, 0.15) is 43.0 Å². The second-order valence-corrected chi connectivity index (χ2v) is 6.54. The van der Waals surface area contributed by atoms with Gasteiger partial charge in [-0.2, -0.15) is 18.2 Å². The molecule has 1 aliphatic rings. The number of hydrogen-bond acceptors (Lipinski definition) is 7. The van der Waals surface area contributed by atoms with Crippen molar-refractivity contribution in [3.63, 3.8) is 0 Å². The van der Waals surface area contributed by atoms with Crippen molar-refractivity contribution in [3.05, 3.63) is 45.6 Å². The molecule has 1 aromatic carbocycles. The smallest absolute Gasteiger partial charge is 0.379 e. The van der Waals surface area contributed by atoms with E-state index in [0.29, 0.717) is 17.8 Å². The fourth-order valence-corrected chi connectivity index (χ4v) is 3.10. The highest BCUT2D eigenvalue weighted by molar-refractivity contribution is 5.85. The molecule has 3 N–H and O–H groups in total. The van der Waals surface area contributed by atoms with E-state index >= 15 is 0 Å². The van der Waals surface area contributed by atoms with Crippen LogP contribution in [0.25, 0.3) is 0 Å². The number of nitrogens with one attached hydrogen (secondary N) is 1. The maximum absolute atomic E-state index is 12.7. The van der Waals surface area contributed by atoms with Gasteiger partial charge < -0.3 is 15.6 Å². The lowest BCUT2D eigenvalue weighted by molar-refractivity contribution is -0.384. The van der Waals surface area contributed by atoms with Gasteiger partial charge in [0.05, 0.1) is 16.0 Å². The normalized spacial score (nSPS) is 15.9. The van der Waals surface area contributed by atoms with Gasteiger partial charge in [0.2, 0.25) is 5.89 Å². The zero-order valence-electron chi connectivity index (χ0n) is 14.7. The van der Waals surface area contributed by atoms with Gasteiger partial charge in [0.25, 0.3) is 5.69 Å². The molecule has 8 nitrogen and oxygen atoms in total. The zero-order chi connectivity index (χ0) is 19.7. The molecule has 1 aliphatic carbocycles. The minimum Gasteiger partial charge on any atom is -0.379 e. The van der Waals surface area contributed by atoms with Gasteiger partial charge in [-0.05, 0) is 25.0 Å². The van der Waals surface area contributed by atoms with Crippen molar-refractivity contribution in [1.82, 2.24) is 10.1 Å². The van der Waals surface area contributed by atoms with Crippen LogP contribution < -0.4 is 11.1 Å². The number of rotatable bonds is 6. The van der Waals surface area contributed by atoms with E-state index in [1.165, 1.54) is 0 Å². The number of benzene rings is 1. The van der Waals surface area contributed by atoms with Crippen LogP contribution in [-0.4, -0.2) is 21.6 Å². The van der Waals surface area contributed by atoms with Crippen molar-refractivity contribution in [2.45, 2.75) is 43.8 Å². The highest BCUT2D eigenvalue weighted by Crippen LogP contribution is 2.35. The molecule has 0 atom stereocenters. The molecular formula is C16H19ClF3N5O3. The minimum atomic E-state index is -4.65. The Labute approximate surface area is 164 Å². The van der Waals surface area contributed by atoms with E-state index < -0.39 is 27.9 Å². The molecule has 28 heavy (non-hydrogen) atoms. The molecule has 1 saturated carbocycles. The van der Waals surface area contributed by atoms with Gasteiger partial charge in [0.15, 0.2) is 5.82 Å². The van der Waals surface area contributed by atoms with Gasteiger partial charge in [0, 0.05) is 19.0 Å². The predicted octanol–water partition coefficient (Wildman–Crippen LogP) is 3.80. The topological polar surface area (TPSA) is 120 Å². The second kappa shape index (κ2) is 8.31. The maximum Gasteiger partial charge on any atom is 0.416 e. The summed E-state index contributed by atoms with van der Waals surface area (Å²) in [6.45, 7) is 0.172. The van der Waals surface area contributed by atoms with Gasteiger partial charge in [-0.3, -0.25) is 10.1 Å². The second-order valence-electron chi connectivity index (χ2n) is 6.54. The molecule has 0 radical (unpaired) electrons. The first kappa shape index (κ1) is 21.9.